The van der Waals surface area contributed by atoms with Crippen LogP contribution >= 0.6 is 23.5 Å². The molecule has 1 aliphatic rings. The van der Waals surface area contributed by atoms with E-state index in [4.69, 9.17) is 4.42 Å². The van der Waals surface area contributed by atoms with Gasteiger partial charge < -0.3 is 9.32 Å². The summed E-state index contributed by atoms with van der Waals surface area (Å²) in [7, 11) is 0. The Kier molecular flexibility index (Phi) is 4.73. The van der Waals surface area contributed by atoms with Gasteiger partial charge in [0.2, 0.25) is 11.8 Å². The Morgan fingerprint density at radius 2 is 2.23 bits per heavy atom. The third-order valence-corrected chi connectivity index (χ3v) is 4.85. The molecule has 1 unspecified atom stereocenters. The van der Waals surface area contributed by atoms with Crippen LogP contribution in [0.15, 0.2) is 33.9 Å². The summed E-state index contributed by atoms with van der Waals surface area (Å²) in [6.07, 6.45) is 2.89. The van der Waals surface area contributed by atoms with Crippen LogP contribution in [0.5, 0.6) is 0 Å². The van der Waals surface area contributed by atoms with Crippen LogP contribution in [0.4, 0.5) is 5.69 Å². The summed E-state index contributed by atoms with van der Waals surface area (Å²) in [6.45, 7) is 2.08. The molecule has 2 aromatic rings. The number of hydrogen-bond acceptors (Lipinski definition) is 6. The van der Waals surface area contributed by atoms with Gasteiger partial charge >= 0.3 is 0 Å². The van der Waals surface area contributed by atoms with Gasteiger partial charge in [-0.2, -0.15) is 11.8 Å². The smallest absolute Gasteiger partial charge is 0.277 e. The summed E-state index contributed by atoms with van der Waals surface area (Å²) >= 11 is 2.92. The van der Waals surface area contributed by atoms with E-state index in [0.717, 1.165) is 12.1 Å². The molecule has 0 radical (unpaired) electrons. The molecule has 0 aliphatic carbocycles. The number of anilines is 1. The van der Waals surface area contributed by atoms with Gasteiger partial charge in [0.05, 0.1) is 11.5 Å². The van der Waals surface area contributed by atoms with Crippen LogP contribution in [0.25, 0.3) is 0 Å². The van der Waals surface area contributed by atoms with Gasteiger partial charge in [0, 0.05) is 11.7 Å². The zero-order chi connectivity index (χ0) is 15.5. The molecular weight excluding hydrogens is 318 g/mol. The van der Waals surface area contributed by atoms with Gasteiger partial charge in [-0.3, -0.25) is 4.79 Å². The van der Waals surface area contributed by atoms with E-state index in [2.05, 4.69) is 23.2 Å². The third kappa shape index (κ3) is 3.15. The predicted octanol–water partition coefficient (Wildman–Crippen LogP) is 3.00. The van der Waals surface area contributed by atoms with Crippen molar-refractivity contribution in [1.29, 1.82) is 0 Å². The Morgan fingerprint density at radius 1 is 1.41 bits per heavy atom. The number of benzene rings is 1. The summed E-state index contributed by atoms with van der Waals surface area (Å²) in [5, 5.41) is 8.36. The fourth-order valence-electron chi connectivity index (χ4n) is 2.62. The van der Waals surface area contributed by atoms with E-state index in [1.807, 2.05) is 29.4 Å². The Bertz CT molecular complexity index is 674. The molecule has 1 amide bonds. The standard InChI is InChI=1S/C15H17N3O2S2/c1-10-7-11-5-3-4-6-12(11)18(10)14(19)9-22-15-17-16-13(20-15)8-21-2/h3-6,10H,7-9H2,1-2H3. The molecule has 5 nitrogen and oxygen atoms in total. The number of hydrogen-bond donors (Lipinski definition) is 0. The minimum absolute atomic E-state index is 0.0760. The maximum atomic E-state index is 12.5. The van der Waals surface area contributed by atoms with E-state index in [1.54, 1.807) is 11.8 Å². The number of nitrogens with zero attached hydrogens (tertiary/aromatic N) is 3. The van der Waals surface area contributed by atoms with Crippen molar-refractivity contribution in [2.45, 2.75) is 30.4 Å². The second-order valence-corrected chi connectivity index (χ2v) is 6.92. The quantitative estimate of drug-likeness (QED) is 0.783. The second kappa shape index (κ2) is 6.75. The number of carbonyl (C=O) groups is 1. The molecule has 7 heteroatoms. The SMILES string of the molecule is CSCc1nnc(SCC(=O)N2c3ccccc3CC2C)o1. The van der Waals surface area contributed by atoms with Crippen LogP contribution in [-0.2, 0) is 17.0 Å². The van der Waals surface area contributed by atoms with Crippen molar-refractivity contribution >= 4 is 35.1 Å². The molecule has 1 atom stereocenters. The molecule has 116 valence electrons. The van der Waals surface area contributed by atoms with Gasteiger partial charge in [0.1, 0.15) is 0 Å². The fourth-order valence-corrected chi connectivity index (χ4v) is 3.62. The summed E-state index contributed by atoms with van der Waals surface area (Å²) in [5.74, 6) is 1.67. The topological polar surface area (TPSA) is 59.2 Å². The minimum atomic E-state index is 0.0760. The van der Waals surface area contributed by atoms with Crippen molar-refractivity contribution in [1.82, 2.24) is 10.2 Å². The van der Waals surface area contributed by atoms with Gasteiger partial charge in [0.25, 0.3) is 5.22 Å². The van der Waals surface area contributed by atoms with Crippen LogP contribution in [0, 0.1) is 0 Å². The summed E-state index contributed by atoms with van der Waals surface area (Å²) in [6, 6.07) is 8.26. The number of rotatable bonds is 5. The highest BCUT2D eigenvalue weighted by Crippen LogP contribution is 2.32. The van der Waals surface area contributed by atoms with Crippen LogP contribution in [-0.4, -0.2) is 34.2 Å². The average molecular weight is 335 g/mol. The predicted molar refractivity (Wildman–Crippen MR) is 89.3 cm³/mol. The van der Waals surface area contributed by atoms with E-state index >= 15 is 0 Å². The number of amides is 1. The average Bonchev–Trinajstić information content (AvgIpc) is 3.08. The largest absolute Gasteiger partial charge is 0.415 e. The van der Waals surface area contributed by atoms with Crippen molar-refractivity contribution in [3.63, 3.8) is 0 Å². The molecule has 0 saturated carbocycles. The van der Waals surface area contributed by atoms with Crippen molar-refractivity contribution in [2.24, 2.45) is 0 Å². The van der Waals surface area contributed by atoms with Crippen molar-refractivity contribution in [3.05, 3.63) is 35.7 Å². The first-order chi connectivity index (χ1) is 10.7. The number of fused-ring (bicyclic) bond motifs is 1. The van der Waals surface area contributed by atoms with Gasteiger partial charge in [-0.1, -0.05) is 30.0 Å². The zero-order valence-electron chi connectivity index (χ0n) is 12.5. The van der Waals surface area contributed by atoms with Crippen LogP contribution in [0.3, 0.4) is 0 Å². The van der Waals surface area contributed by atoms with E-state index < -0.39 is 0 Å². The summed E-state index contributed by atoms with van der Waals surface area (Å²) < 4.78 is 5.48. The molecule has 22 heavy (non-hydrogen) atoms. The van der Waals surface area contributed by atoms with Crippen LogP contribution in [0.1, 0.15) is 18.4 Å². The maximum absolute atomic E-state index is 12.5. The maximum Gasteiger partial charge on any atom is 0.277 e. The normalized spacial score (nSPS) is 16.8. The number of para-hydroxylation sites is 1. The van der Waals surface area contributed by atoms with Crippen molar-refractivity contribution < 1.29 is 9.21 Å². The van der Waals surface area contributed by atoms with Gasteiger partial charge in [-0.25, -0.2) is 0 Å². The highest BCUT2D eigenvalue weighted by atomic mass is 32.2. The number of aromatic nitrogens is 2. The zero-order valence-corrected chi connectivity index (χ0v) is 14.1. The first-order valence-corrected chi connectivity index (χ1v) is 9.41. The molecule has 1 aromatic carbocycles. The lowest BCUT2D eigenvalue weighted by molar-refractivity contribution is -0.116. The first kappa shape index (κ1) is 15.4. The molecule has 2 heterocycles. The van der Waals surface area contributed by atoms with E-state index in [-0.39, 0.29) is 11.9 Å². The van der Waals surface area contributed by atoms with Crippen LogP contribution < -0.4 is 4.90 Å². The van der Waals surface area contributed by atoms with Crippen LogP contribution in [0.2, 0.25) is 0 Å². The van der Waals surface area contributed by atoms with E-state index in [9.17, 15) is 4.79 Å². The molecule has 1 aliphatic heterocycles. The molecule has 0 N–H and O–H groups in total. The third-order valence-electron chi connectivity index (χ3n) is 3.51. The summed E-state index contributed by atoms with van der Waals surface area (Å²) in [4.78, 5) is 14.4. The Labute approximate surface area is 137 Å². The lowest BCUT2D eigenvalue weighted by Gasteiger charge is -2.22. The molecule has 0 bridgehead atoms. The summed E-state index contributed by atoms with van der Waals surface area (Å²) in [5.41, 5.74) is 2.25. The molecule has 0 fully saturated rings. The monoisotopic (exact) mass is 335 g/mol. The number of thioether (sulfide) groups is 2. The van der Waals surface area contributed by atoms with Gasteiger partial charge in [-0.05, 0) is 31.2 Å². The Balaban J connectivity index is 1.64. The molecular formula is C15H17N3O2S2. The molecule has 0 spiro atoms. The Morgan fingerprint density at radius 3 is 3.05 bits per heavy atom. The minimum Gasteiger partial charge on any atom is -0.415 e. The molecule has 1 aromatic heterocycles. The molecule has 3 rings (SSSR count). The lowest BCUT2D eigenvalue weighted by atomic mass is 10.1. The van der Waals surface area contributed by atoms with Crippen molar-refractivity contribution in [3.8, 4) is 0 Å². The van der Waals surface area contributed by atoms with Crippen molar-refractivity contribution in [2.75, 3.05) is 16.9 Å². The Hall–Kier alpha value is -1.47. The van der Waals surface area contributed by atoms with E-state index in [0.29, 0.717) is 22.6 Å². The highest BCUT2D eigenvalue weighted by molar-refractivity contribution is 7.99. The second-order valence-electron chi connectivity index (χ2n) is 5.13. The first-order valence-electron chi connectivity index (χ1n) is 7.03. The number of carbonyl (C=O) groups excluding carboxylic acids is 1. The van der Waals surface area contributed by atoms with Gasteiger partial charge in [-0.15, -0.1) is 10.2 Å². The highest BCUT2D eigenvalue weighted by Gasteiger charge is 2.30. The van der Waals surface area contributed by atoms with Gasteiger partial charge in [0.15, 0.2) is 0 Å². The fraction of sp³-hybridized carbons (Fsp3) is 0.400. The molecule has 0 saturated heterocycles. The lowest BCUT2D eigenvalue weighted by Crippen LogP contribution is -2.36. The van der Waals surface area contributed by atoms with E-state index in [1.165, 1.54) is 17.3 Å².